The zero-order valence-corrected chi connectivity index (χ0v) is 11.4. The molecule has 0 bridgehead atoms. The smallest absolute Gasteiger partial charge is 0.226 e. The fourth-order valence-corrected chi connectivity index (χ4v) is 3.41. The van der Waals surface area contributed by atoms with Gasteiger partial charge in [-0.25, -0.2) is 0 Å². The highest BCUT2D eigenvalue weighted by Gasteiger charge is 2.46. The van der Waals surface area contributed by atoms with Gasteiger partial charge in [0.15, 0.2) is 0 Å². The number of nitrogens with two attached hydrogens (primary N) is 1. The van der Waals surface area contributed by atoms with Crippen LogP contribution < -0.4 is 5.73 Å². The number of likely N-dealkylation sites (tertiary alicyclic amines) is 1. The number of allylic oxidation sites excluding steroid dienone is 2. The first kappa shape index (κ1) is 13.1. The SMILES string of the molecule is NC(=O)C1C=CC=CC1(c1ccncc1)N1CCCC1. The van der Waals surface area contributed by atoms with Crippen molar-refractivity contribution in [3.63, 3.8) is 0 Å². The van der Waals surface area contributed by atoms with Crippen LogP contribution in [0, 0.1) is 5.92 Å². The van der Waals surface area contributed by atoms with E-state index in [-0.39, 0.29) is 11.8 Å². The number of pyridine rings is 1. The number of primary amides is 1. The van der Waals surface area contributed by atoms with Crippen LogP contribution in [-0.2, 0) is 10.3 Å². The van der Waals surface area contributed by atoms with Crippen molar-refractivity contribution in [2.24, 2.45) is 11.7 Å². The summed E-state index contributed by atoms with van der Waals surface area (Å²) in [5.74, 6) is -0.623. The molecule has 2 atom stereocenters. The largest absolute Gasteiger partial charge is 0.369 e. The first-order valence-electron chi connectivity index (χ1n) is 7.06. The zero-order chi connectivity index (χ0) is 14.0. The predicted molar refractivity (Wildman–Crippen MR) is 77.7 cm³/mol. The minimum Gasteiger partial charge on any atom is -0.369 e. The number of hydrogen-bond donors (Lipinski definition) is 1. The Morgan fingerprint density at radius 1 is 1.25 bits per heavy atom. The Bertz CT molecular complexity index is 546. The van der Waals surface area contributed by atoms with Crippen molar-refractivity contribution in [3.05, 3.63) is 54.4 Å². The number of hydrogen-bond acceptors (Lipinski definition) is 3. The van der Waals surface area contributed by atoms with Gasteiger partial charge in [-0.2, -0.15) is 0 Å². The third-order valence-electron chi connectivity index (χ3n) is 4.32. The number of rotatable bonds is 3. The van der Waals surface area contributed by atoms with Gasteiger partial charge >= 0.3 is 0 Å². The molecule has 3 rings (SSSR count). The summed E-state index contributed by atoms with van der Waals surface area (Å²) in [6, 6.07) is 3.97. The third kappa shape index (κ3) is 1.96. The van der Waals surface area contributed by atoms with Gasteiger partial charge in [-0.1, -0.05) is 24.3 Å². The standard InChI is InChI=1S/C16H19N3O/c17-15(20)14-5-1-2-8-16(14,19-11-3-4-12-19)13-6-9-18-10-7-13/h1-2,5-10,14H,3-4,11-12H2,(H2,17,20). The van der Waals surface area contributed by atoms with Crippen LogP contribution in [0.3, 0.4) is 0 Å². The number of carbonyl (C=O) groups is 1. The molecule has 20 heavy (non-hydrogen) atoms. The fraction of sp³-hybridized carbons (Fsp3) is 0.375. The van der Waals surface area contributed by atoms with Crippen molar-refractivity contribution >= 4 is 5.91 Å². The summed E-state index contributed by atoms with van der Waals surface area (Å²) in [5.41, 5.74) is 6.31. The molecule has 2 N–H and O–H groups in total. The molecule has 1 fully saturated rings. The van der Waals surface area contributed by atoms with Gasteiger partial charge < -0.3 is 5.73 Å². The van der Waals surface area contributed by atoms with Crippen molar-refractivity contribution < 1.29 is 4.79 Å². The van der Waals surface area contributed by atoms with Crippen molar-refractivity contribution in [2.45, 2.75) is 18.4 Å². The maximum Gasteiger partial charge on any atom is 0.226 e. The molecule has 1 aliphatic heterocycles. The Kier molecular flexibility index (Phi) is 3.40. The van der Waals surface area contributed by atoms with Gasteiger partial charge in [0.05, 0.1) is 11.5 Å². The third-order valence-corrected chi connectivity index (χ3v) is 4.32. The van der Waals surface area contributed by atoms with Crippen molar-refractivity contribution in [3.8, 4) is 0 Å². The molecule has 0 saturated carbocycles. The van der Waals surface area contributed by atoms with E-state index in [2.05, 4.69) is 16.0 Å². The monoisotopic (exact) mass is 269 g/mol. The molecule has 2 unspecified atom stereocenters. The van der Waals surface area contributed by atoms with Crippen LogP contribution in [0.25, 0.3) is 0 Å². The van der Waals surface area contributed by atoms with Crippen LogP contribution in [0.5, 0.6) is 0 Å². The average Bonchev–Trinajstić information content (AvgIpc) is 3.02. The molecule has 1 saturated heterocycles. The predicted octanol–water partition coefficient (Wildman–Crippen LogP) is 1.60. The summed E-state index contributed by atoms with van der Waals surface area (Å²) >= 11 is 0. The molecule has 4 nitrogen and oxygen atoms in total. The Labute approximate surface area is 119 Å². The molecule has 0 spiro atoms. The molecular formula is C16H19N3O. The molecule has 4 heteroatoms. The molecule has 1 amide bonds. The van der Waals surface area contributed by atoms with Crippen LogP contribution in [-0.4, -0.2) is 28.9 Å². The molecule has 1 aromatic heterocycles. The topological polar surface area (TPSA) is 59.2 Å². The summed E-state index contributed by atoms with van der Waals surface area (Å²) in [4.78, 5) is 18.5. The Balaban J connectivity index is 2.14. The maximum absolute atomic E-state index is 12.0. The summed E-state index contributed by atoms with van der Waals surface area (Å²) in [6.07, 6.45) is 13.8. The highest BCUT2D eigenvalue weighted by atomic mass is 16.1. The first-order chi connectivity index (χ1) is 9.75. The maximum atomic E-state index is 12.0. The second-order valence-electron chi connectivity index (χ2n) is 5.38. The molecule has 1 aliphatic carbocycles. The molecule has 0 aromatic carbocycles. The van der Waals surface area contributed by atoms with E-state index >= 15 is 0 Å². The molecular weight excluding hydrogens is 250 g/mol. The van der Waals surface area contributed by atoms with E-state index in [1.54, 1.807) is 12.4 Å². The van der Waals surface area contributed by atoms with E-state index in [0.29, 0.717) is 0 Å². The second-order valence-corrected chi connectivity index (χ2v) is 5.38. The Hall–Kier alpha value is -1.94. The van der Waals surface area contributed by atoms with E-state index in [0.717, 1.165) is 31.5 Å². The molecule has 1 aromatic rings. The Morgan fingerprint density at radius 3 is 2.60 bits per heavy atom. The number of aromatic nitrogens is 1. The zero-order valence-electron chi connectivity index (χ0n) is 11.4. The van der Waals surface area contributed by atoms with Crippen LogP contribution in [0.2, 0.25) is 0 Å². The summed E-state index contributed by atoms with van der Waals surface area (Å²) in [5, 5.41) is 0. The van der Waals surface area contributed by atoms with Crippen molar-refractivity contribution in [1.82, 2.24) is 9.88 Å². The van der Waals surface area contributed by atoms with Gasteiger partial charge in [-0.3, -0.25) is 14.7 Å². The molecule has 2 aliphatic rings. The van der Waals surface area contributed by atoms with Gasteiger partial charge in [-0.15, -0.1) is 0 Å². The lowest BCUT2D eigenvalue weighted by atomic mass is 9.74. The highest BCUT2D eigenvalue weighted by molar-refractivity contribution is 5.81. The van der Waals surface area contributed by atoms with Crippen LogP contribution >= 0.6 is 0 Å². The number of nitrogens with zero attached hydrogens (tertiary/aromatic N) is 2. The number of amides is 1. The lowest BCUT2D eigenvalue weighted by molar-refractivity contribution is -0.124. The minimum absolute atomic E-state index is 0.283. The summed E-state index contributed by atoms with van der Waals surface area (Å²) in [7, 11) is 0. The van der Waals surface area contributed by atoms with Crippen LogP contribution in [0.4, 0.5) is 0 Å². The van der Waals surface area contributed by atoms with Gasteiger partial charge in [0, 0.05) is 12.4 Å². The highest BCUT2D eigenvalue weighted by Crippen LogP contribution is 2.42. The molecule has 104 valence electrons. The summed E-state index contributed by atoms with van der Waals surface area (Å²) in [6.45, 7) is 1.98. The van der Waals surface area contributed by atoms with Gasteiger partial charge in [0.1, 0.15) is 0 Å². The molecule has 0 radical (unpaired) electrons. The van der Waals surface area contributed by atoms with Gasteiger partial charge in [-0.05, 0) is 43.6 Å². The van der Waals surface area contributed by atoms with E-state index < -0.39 is 5.54 Å². The lowest BCUT2D eigenvalue weighted by Crippen LogP contribution is -2.53. The average molecular weight is 269 g/mol. The van der Waals surface area contributed by atoms with Crippen LogP contribution in [0.15, 0.2) is 48.8 Å². The lowest BCUT2D eigenvalue weighted by Gasteiger charge is -2.44. The number of carbonyl (C=O) groups excluding carboxylic acids is 1. The fourth-order valence-electron chi connectivity index (χ4n) is 3.41. The second kappa shape index (κ2) is 5.21. The minimum atomic E-state index is -0.458. The Morgan fingerprint density at radius 2 is 1.95 bits per heavy atom. The van der Waals surface area contributed by atoms with Crippen LogP contribution in [0.1, 0.15) is 18.4 Å². The normalized spacial score (nSPS) is 29.7. The quantitative estimate of drug-likeness (QED) is 0.906. The van der Waals surface area contributed by atoms with E-state index in [4.69, 9.17) is 5.73 Å². The van der Waals surface area contributed by atoms with E-state index in [1.807, 2.05) is 30.4 Å². The van der Waals surface area contributed by atoms with Crippen molar-refractivity contribution in [1.29, 1.82) is 0 Å². The molecule has 2 heterocycles. The first-order valence-corrected chi connectivity index (χ1v) is 7.06. The summed E-state index contributed by atoms with van der Waals surface area (Å²) < 4.78 is 0. The van der Waals surface area contributed by atoms with Gasteiger partial charge in [0.25, 0.3) is 0 Å². The van der Waals surface area contributed by atoms with Crippen molar-refractivity contribution in [2.75, 3.05) is 13.1 Å². The van der Waals surface area contributed by atoms with E-state index in [1.165, 1.54) is 0 Å². The van der Waals surface area contributed by atoms with Gasteiger partial charge in [0.2, 0.25) is 5.91 Å². The van der Waals surface area contributed by atoms with E-state index in [9.17, 15) is 4.79 Å².